The van der Waals surface area contributed by atoms with Crippen molar-refractivity contribution in [1.82, 2.24) is 9.97 Å². The number of ether oxygens (including phenoxy) is 1. The largest absolute Gasteiger partial charge is 0.461 e. The molecule has 2 aromatic rings. The fraction of sp³-hybridized carbons (Fsp3) is 0.364. The fourth-order valence-corrected chi connectivity index (χ4v) is 2.72. The van der Waals surface area contributed by atoms with E-state index in [-0.39, 0.29) is 5.97 Å². The summed E-state index contributed by atoms with van der Waals surface area (Å²) in [5, 5.41) is 6.61. The highest BCUT2D eigenvalue weighted by molar-refractivity contribution is 7.14. The number of aryl methyl sites for hydroxylation is 1. The Hall–Kier alpha value is -1.47. The van der Waals surface area contributed by atoms with Gasteiger partial charge in [0.15, 0.2) is 10.8 Å². The predicted molar refractivity (Wildman–Crippen MR) is 72.2 cm³/mol. The average molecular weight is 283 g/mol. The first-order valence-electron chi connectivity index (χ1n) is 5.47. The van der Waals surface area contributed by atoms with Crippen molar-refractivity contribution in [3.8, 4) is 0 Å². The van der Waals surface area contributed by atoms with Gasteiger partial charge in [-0.2, -0.15) is 0 Å². The summed E-state index contributed by atoms with van der Waals surface area (Å²) in [6, 6.07) is 0. The van der Waals surface area contributed by atoms with Crippen molar-refractivity contribution in [2.45, 2.75) is 20.4 Å². The van der Waals surface area contributed by atoms with Crippen LogP contribution in [-0.2, 0) is 11.3 Å². The topological polar surface area (TPSA) is 64.1 Å². The Morgan fingerprint density at radius 1 is 1.56 bits per heavy atom. The number of anilines is 1. The molecular weight excluding hydrogens is 270 g/mol. The molecular formula is C11H13N3O2S2. The molecule has 0 aliphatic heterocycles. The van der Waals surface area contributed by atoms with Gasteiger partial charge in [0.05, 0.1) is 18.2 Å². The maximum Gasteiger partial charge on any atom is 0.357 e. The summed E-state index contributed by atoms with van der Waals surface area (Å²) in [5.41, 5.74) is 0.352. The van der Waals surface area contributed by atoms with Gasteiger partial charge in [-0.25, -0.2) is 14.8 Å². The van der Waals surface area contributed by atoms with Crippen molar-refractivity contribution in [2.24, 2.45) is 0 Å². The van der Waals surface area contributed by atoms with E-state index in [4.69, 9.17) is 4.74 Å². The van der Waals surface area contributed by atoms with Gasteiger partial charge in [0, 0.05) is 16.5 Å². The van der Waals surface area contributed by atoms with Crippen LogP contribution >= 0.6 is 22.7 Å². The maximum absolute atomic E-state index is 11.4. The third kappa shape index (κ3) is 3.27. The van der Waals surface area contributed by atoms with Crippen LogP contribution in [0.4, 0.5) is 5.13 Å². The zero-order valence-electron chi connectivity index (χ0n) is 10.1. The minimum Gasteiger partial charge on any atom is -0.461 e. The van der Waals surface area contributed by atoms with E-state index in [9.17, 15) is 4.79 Å². The van der Waals surface area contributed by atoms with Gasteiger partial charge < -0.3 is 10.1 Å². The van der Waals surface area contributed by atoms with Crippen molar-refractivity contribution in [3.63, 3.8) is 0 Å². The molecule has 2 aromatic heterocycles. The van der Waals surface area contributed by atoms with E-state index in [0.717, 1.165) is 9.88 Å². The number of nitrogens with zero attached hydrogens (tertiary/aromatic N) is 2. The summed E-state index contributed by atoms with van der Waals surface area (Å²) in [7, 11) is 0. The van der Waals surface area contributed by atoms with Crippen LogP contribution in [0.5, 0.6) is 0 Å². The first-order valence-corrected chi connectivity index (χ1v) is 7.16. The summed E-state index contributed by atoms with van der Waals surface area (Å²) in [6.45, 7) is 4.77. The zero-order chi connectivity index (χ0) is 13.0. The molecule has 0 bridgehead atoms. The lowest BCUT2D eigenvalue weighted by Gasteiger charge is -1.99. The molecule has 0 amide bonds. The summed E-state index contributed by atoms with van der Waals surface area (Å²) in [5.74, 6) is -0.379. The SMILES string of the molecule is CCOC(=O)c1csc(NCc2cnc(C)s2)n1. The van der Waals surface area contributed by atoms with Gasteiger partial charge in [0.25, 0.3) is 0 Å². The molecule has 0 atom stereocenters. The Morgan fingerprint density at radius 3 is 3.06 bits per heavy atom. The molecule has 0 saturated carbocycles. The van der Waals surface area contributed by atoms with Crippen LogP contribution in [0.3, 0.4) is 0 Å². The minimum absolute atomic E-state index is 0.352. The first kappa shape index (κ1) is 13.0. The first-order chi connectivity index (χ1) is 8.69. The number of nitrogens with one attached hydrogen (secondary N) is 1. The van der Waals surface area contributed by atoms with Crippen molar-refractivity contribution in [1.29, 1.82) is 0 Å². The van der Waals surface area contributed by atoms with Gasteiger partial charge in [-0.05, 0) is 13.8 Å². The molecule has 0 aromatic carbocycles. The number of carbonyl (C=O) groups is 1. The highest BCUT2D eigenvalue weighted by Gasteiger charge is 2.11. The number of hydrogen-bond donors (Lipinski definition) is 1. The van der Waals surface area contributed by atoms with Gasteiger partial charge in [0.2, 0.25) is 0 Å². The van der Waals surface area contributed by atoms with Gasteiger partial charge >= 0.3 is 5.97 Å². The lowest BCUT2D eigenvalue weighted by Crippen LogP contribution is -2.05. The maximum atomic E-state index is 11.4. The van der Waals surface area contributed by atoms with E-state index in [2.05, 4.69) is 15.3 Å². The average Bonchev–Trinajstić information content (AvgIpc) is 2.95. The molecule has 0 aliphatic carbocycles. The Bertz CT molecular complexity index is 536. The van der Waals surface area contributed by atoms with E-state index in [1.54, 1.807) is 23.6 Å². The summed E-state index contributed by atoms with van der Waals surface area (Å²) >= 11 is 3.03. The zero-order valence-corrected chi connectivity index (χ0v) is 11.7. The van der Waals surface area contributed by atoms with Crippen molar-refractivity contribution >= 4 is 33.8 Å². The van der Waals surface area contributed by atoms with Crippen LogP contribution in [0, 0.1) is 6.92 Å². The Labute approximate surface area is 113 Å². The second-order valence-corrected chi connectivity index (χ2v) is 5.63. The quantitative estimate of drug-likeness (QED) is 0.855. The molecule has 5 nitrogen and oxygen atoms in total. The molecule has 2 heterocycles. The molecule has 0 fully saturated rings. The third-order valence-corrected chi connectivity index (χ3v) is 3.78. The van der Waals surface area contributed by atoms with Crippen molar-refractivity contribution < 1.29 is 9.53 Å². The van der Waals surface area contributed by atoms with Gasteiger partial charge in [-0.1, -0.05) is 0 Å². The van der Waals surface area contributed by atoms with E-state index >= 15 is 0 Å². The number of hydrogen-bond acceptors (Lipinski definition) is 7. The lowest BCUT2D eigenvalue weighted by molar-refractivity contribution is 0.0520. The van der Waals surface area contributed by atoms with Crippen LogP contribution in [-0.4, -0.2) is 22.5 Å². The minimum atomic E-state index is -0.379. The normalized spacial score (nSPS) is 10.3. The number of rotatable bonds is 5. The highest BCUT2D eigenvalue weighted by atomic mass is 32.1. The summed E-state index contributed by atoms with van der Waals surface area (Å²) in [6.07, 6.45) is 1.84. The number of aromatic nitrogens is 2. The number of carbonyl (C=O) groups excluding carboxylic acids is 1. The van der Waals surface area contributed by atoms with Crippen molar-refractivity contribution in [3.05, 3.63) is 27.2 Å². The smallest absolute Gasteiger partial charge is 0.357 e. The fourth-order valence-electron chi connectivity index (χ4n) is 1.30. The molecule has 2 rings (SSSR count). The van der Waals surface area contributed by atoms with E-state index in [1.807, 2.05) is 13.1 Å². The molecule has 1 N–H and O–H groups in total. The Morgan fingerprint density at radius 2 is 2.39 bits per heavy atom. The summed E-state index contributed by atoms with van der Waals surface area (Å²) < 4.78 is 4.88. The third-order valence-electron chi connectivity index (χ3n) is 2.07. The number of esters is 1. The molecule has 0 aliphatic rings. The highest BCUT2D eigenvalue weighted by Crippen LogP contribution is 2.18. The Kier molecular flexibility index (Phi) is 4.27. The second-order valence-electron chi connectivity index (χ2n) is 3.46. The van der Waals surface area contributed by atoms with Crippen LogP contribution < -0.4 is 5.32 Å². The lowest BCUT2D eigenvalue weighted by atomic mass is 10.5. The number of thiazole rings is 2. The molecule has 18 heavy (non-hydrogen) atoms. The standard InChI is InChI=1S/C11H13N3O2S2/c1-3-16-10(15)9-6-17-11(14-9)13-5-8-4-12-7(2)18-8/h4,6H,3,5H2,1-2H3,(H,13,14). The molecule has 0 radical (unpaired) electrons. The Balaban J connectivity index is 1.92. The second kappa shape index (κ2) is 5.92. The van der Waals surface area contributed by atoms with Crippen LogP contribution in [0.2, 0.25) is 0 Å². The van der Waals surface area contributed by atoms with Gasteiger partial charge in [-0.3, -0.25) is 0 Å². The molecule has 96 valence electrons. The summed E-state index contributed by atoms with van der Waals surface area (Å²) in [4.78, 5) is 20.9. The van der Waals surface area contributed by atoms with E-state index < -0.39 is 0 Å². The van der Waals surface area contributed by atoms with E-state index in [1.165, 1.54) is 11.3 Å². The predicted octanol–water partition coefficient (Wildman–Crippen LogP) is 2.70. The molecule has 7 heteroatoms. The van der Waals surface area contributed by atoms with Gasteiger partial charge in [0.1, 0.15) is 0 Å². The van der Waals surface area contributed by atoms with Crippen LogP contribution in [0.25, 0.3) is 0 Å². The van der Waals surface area contributed by atoms with Crippen LogP contribution in [0.1, 0.15) is 27.3 Å². The van der Waals surface area contributed by atoms with Crippen LogP contribution in [0.15, 0.2) is 11.6 Å². The molecule has 0 spiro atoms. The molecule has 0 saturated heterocycles. The van der Waals surface area contributed by atoms with Gasteiger partial charge in [-0.15, -0.1) is 22.7 Å². The monoisotopic (exact) mass is 283 g/mol. The van der Waals surface area contributed by atoms with E-state index in [0.29, 0.717) is 24.0 Å². The molecule has 0 unspecified atom stereocenters. The van der Waals surface area contributed by atoms with Crippen molar-refractivity contribution in [2.75, 3.05) is 11.9 Å².